The van der Waals surface area contributed by atoms with Crippen molar-refractivity contribution in [3.05, 3.63) is 40.4 Å². The van der Waals surface area contributed by atoms with Gasteiger partial charge in [0.05, 0.1) is 18.4 Å². The highest BCUT2D eigenvalue weighted by atomic mass is 35.5. The molecule has 32 heavy (non-hydrogen) atoms. The summed E-state index contributed by atoms with van der Waals surface area (Å²) in [6.07, 6.45) is -1.10. The van der Waals surface area contributed by atoms with Crippen LogP contribution in [0.5, 0.6) is 0 Å². The van der Waals surface area contributed by atoms with Gasteiger partial charge in [0.1, 0.15) is 47.2 Å². The van der Waals surface area contributed by atoms with E-state index in [1.807, 2.05) is 0 Å². The summed E-state index contributed by atoms with van der Waals surface area (Å²) in [7, 11) is 1.49. The number of rotatable bonds is 6. The van der Waals surface area contributed by atoms with E-state index < -0.39 is 36.4 Å². The first-order valence-corrected chi connectivity index (χ1v) is 11.6. The maximum Gasteiger partial charge on any atom is 0.180 e. The number of benzene rings is 1. The molecule has 3 aromatic rings. The highest BCUT2D eigenvalue weighted by Crippen LogP contribution is 2.41. The van der Waals surface area contributed by atoms with Gasteiger partial charge in [-0.15, -0.1) is 16.4 Å². The molecule has 0 bridgehead atoms. The van der Waals surface area contributed by atoms with E-state index in [1.54, 1.807) is 29.8 Å². The summed E-state index contributed by atoms with van der Waals surface area (Å²) < 4.78 is 13.1. The number of nitrogens with two attached hydrogens (primary N) is 1. The molecule has 1 fully saturated rings. The number of aromatic nitrogens is 4. The minimum absolute atomic E-state index is 0.405. The quantitative estimate of drug-likeness (QED) is 0.463. The number of ether oxygens (including phenoxy) is 2. The molecule has 0 aliphatic carbocycles. The fraction of sp³-hybridized carbons (Fsp3) is 0.368. The third-order valence-corrected chi connectivity index (χ3v) is 7.12. The molecule has 4 rings (SSSR count). The summed E-state index contributed by atoms with van der Waals surface area (Å²) in [6.45, 7) is -0.421. The van der Waals surface area contributed by atoms with Crippen LogP contribution in [0.1, 0.15) is 11.6 Å². The maximum atomic E-state index is 10.9. The van der Waals surface area contributed by atoms with Gasteiger partial charge in [-0.3, -0.25) is 0 Å². The van der Waals surface area contributed by atoms with Crippen molar-refractivity contribution in [2.75, 3.05) is 19.5 Å². The van der Waals surface area contributed by atoms with Crippen LogP contribution < -0.4 is 5.73 Å². The standard InChI is InChI=1S/C19H19ClN6O4S2/c1-29-17-15(26-6-11(24-25-26)12-8-31-19(22)23-12)16(28)13(7-27)30-18(17)32-14-4-10(20)3-2-9(14)5-21/h2-4,6,8,13,15-18,27-28H,7H2,1H3,(H2,22,23)/t13-,15+,16+,17-,18-/m1/s1. The van der Waals surface area contributed by atoms with E-state index in [0.29, 0.717) is 32.0 Å². The zero-order valence-corrected chi connectivity index (χ0v) is 19.1. The molecular weight excluding hydrogens is 476 g/mol. The number of thioether (sulfide) groups is 1. The fourth-order valence-corrected chi connectivity index (χ4v) is 5.55. The smallest absolute Gasteiger partial charge is 0.180 e. The van der Waals surface area contributed by atoms with Crippen molar-refractivity contribution in [2.24, 2.45) is 0 Å². The average Bonchev–Trinajstić information content (AvgIpc) is 3.43. The molecule has 10 nitrogen and oxygen atoms in total. The van der Waals surface area contributed by atoms with Crippen molar-refractivity contribution in [1.29, 1.82) is 5.26 Å². The predicted molar refractivity (Wildman–Crippen MR) is 119 cm³/mol. The first-order chi connectivity index (χ1) is 15.4. The van der Waals surface area contributed by atoms with Crippen LogP contribution in [0.15, 0.2) is 34.7 Å². The van der Waals surface area contributed by atoms with E-state index in [0.717, 1.165) is 0 Å². The Morgan fingerprint density at radius 1 is 1.44 bits per heavy atom. The number of thiazole rings is 1. The molecule has 0 saturated carbocycles. The van der Waals surface area contributed by atoms with Gasteiger partial charge in [0, 0.05) is 22.4 Å². The molecule has 1 saturated heterocycles. The summed E-state index contributed by atoms with van der Waals surface area (Å²) in [5.74, 6) is 0. The van der Waals surface area contributed by atoms with E-state index in [2.05, 4.69) is 21.4 Å². The number of nitriles is 1. The summed E-state index contributed by atoms with van der Waals surface area (Å²) in [4.78, 5) is 4.80. The zero-order valence-electron chi connectivity index (χ0n) is 16.7. The number of nitrogen functional groups attached to an aromatic ring is 1. The Balaban J connectivity index is 1.68. The van der Waals surface area contributed by atoms with Gasteiger partial charge in [0.25, 0.3) is 0 Å². The number of hydrogen-bond donors (Lipinski definition) is 3. The number of halogens is 1. The molecule has 1 aliphatic rings. The van der Waals surface area contributed by atoms with Crippen molar-refractivity contribution < 1.29 is 19.7 Å². The Labute approximate surface area is 196 Å². The molecule has 1 aliphatic heterocycles. The van der Waals surface area contributed by atoms with Crippen LogP contribution in [0.2, 0.25) is 5.02 Å². The Hall–Kier alpha value is -2.24. The van der Waals surface area contributed by atoms with Gasteiger partial charge < -0.3 is 25.4 Å². The molecular formula is C19H19ClN6O4S2. The average molecular weight is 495 g/mol. The van der Waals surface area contributed by atoms with Crippen LogP contribution in [-0.2, 0) is 9.47 Å². The fourth-order valence-electron chi connectivity index (χ4n) is 3.47. The lowest BCUT2D eigenvalue weighted by atomic mass is 9.97. The number of methoxy groups -OCH3 is 1. The predicted octanol–water partition coefficient (Wildman–Crippen LogP) is 1.94. The second-order valence-corrected chi connectivity index (χ2v) is 9.40. The number of aliphatic hydroxyl groups is 2. The van der Waals surface area contributed by atoms with Crippen molar-refractivity contribution in [2.45, 2.75) is 34.7 Å². The molecule has 3 heterocycles. The number of hydrogen-bond acceptors (Lipinski definition) is 11. The second-order valence-electron chi connectivity index (χ2n) is 6.93. The van der Waals surface area contributed by atoms with Gasteiger partial charge in [0.2, 0.25) is 0 Å². The summed E-state index contributed by atoms with van der Waals surface area (Å²) in [5, 5.41) is 41.1. The van der Waals surface area contributed by atoms with E-state index in [1.165, 1.54) is 34.9 Å². The lowest BCUT2D eigenvalue weighted by Crippen LogP contribution is -2.55. The van der Waals surface area contributed by atoms with Crippen molar-refractivity contribution in [1.82, 2.24) is 20.0 Å². The van der Waals surface area contributed by atoms with Crippen molar-refractivity contribution in [3.63, 3.8) is 0 Å². The minimum atomic E-state index is -1.13. The normalized spacial score (nSPS) is 25.5. The molecule has 2 aromatic heterocycles. The van der Waals surface area contributed by atoms with Crippen LogP contribution in [0.3, 0.4) is 0 Å². The van der Waals surface area contributed by atoms with E-state index in [4.69, 9.17) is 26.8 Å². The molecule has 0 unspecified atom stereocenters. The summed E-state index contributed by atoms with van der Waals surface area (Å²) in [6, 6.07) is 6.31. The topological polar surface area (TPSA) is 152 Å². The molecule has 168 valence electrons. The highest BCUT2D eigenvalue weighted by Gasteiger charge is 2.47. The molecule has 4 N–H and O–H groups in total. The van der Waals surface area contributed by atoms with Crippen LogP contribution in [0.25, 0.3) is 11.4 Å². The van der Waals surface area contributed by atoms with Gasteiger partial charge >= 0.3 is 0 Å². The number of nitrogens with zero attached hydrogens (tertiary/aromatic N) is 5. The Morgan fingerprint density at radius 3 is 2.91 bits per heavy atom. The molecule has 13 heteroatoms. The number of aliphatic hydroxyl groups excluding tert-OH is 2. The second kappa shape index (κ2) is 9.72. The van der Waals surface area contributed by atoms with E-state index >= 15 is 0 Å². The SMILES string of the molecule is CO[C@@H]1[C@@H](n2cc(-c3csc(N)n3)nn2)[C@@H](O)[C@@H](CO)O[C@@H]1Sc1cc(Cl)ccc1C#N. The molecule has 1 aromatic carbocycles. The Morgan fingerprint density at radius 2 is 2.25 bits per heavy atom. The number of anilines is 1. The van der Waals surface area contributed by atoms with Gasteiger partial charge in [0.15, 0.2) is 5.13 Å². The van der Waals surface area contributed by atoms with Crippen LogP contribution in [0.4, 0.5) is 5.13 Å². The largest absolute Gasteiger partial charge is 0.394 e. The monoisotopic (exact) mass is 494 g/mol. The minimum Gasteiger partial charge on any atom is -0.394 e. The van der Waals surface area contributed by atoms with E-state index in [-0.39, 0.29) is 0 Å². The third-order valence-electron chi connectivity index (χ3n) is 5.00. The molecule has 0 amide bonds. The molecule has 0 radical (unpaired) electrons. The van der Waals surface area contributed by atoms with Gasteiger partial charge in [-0.1, -0.05) is 28.6 Å². The Kier molecular flexibility index (Phi) is 6.96. The lowest BCUT2D eigenvalue weighted by Gasteiger charge is -2.43. The first kappa shape index (κ1) is 22.9. The van der Waals surface area contributed by atoms with Crippen molar-refractivity contribution in [3.8, 4) is 17.5 Å². The van der Waals surface area contributed by atoms with Crippen LogP contribution >= 0.6 is 34.7 Å². The van der Waals surface area contributed by atoms with Crippen LogP contribution in [-0.4, -0.2) is 67.7 Å². The van der Waals surface area contributed by atoms with Crippen LogP contribution in [0, 0.1) is 11.3 Å². The highest BCUT2D eigenvalue weighted by molar-refractivity contribution is 7.99. The van der Waals surface area contributed by atoms with E-state index in [9.17, 15) is 15.5 Å². The first-order valence-electron chi connectivity index (χ1n) is 9.41. The Bertz CT molecular complexity index is 1140. The van der Waals surface area contributed by atoms with Gasteiger partial charge in [-0.2, -0.15) is 5.26 Å². The lowest BCUT2D eigenvalue weighted by molar-refractivity contribution is -0.186. The van der Waals surface area contributed by atoms with Gasteiger partial charge in [-0.25, -0.2) is 9.67 Å². The zero-order chi connectivity index (χ0) is 22.8. The molecule has 0 spiro atoms. The maximum absolute atomic E-state index is 10.9. The summed E-state index contributed by atoms with van der Waals surface area (Å²) >= 11 is 8.62. The van der Waals surface area contributed by atoms with Crippen molar-refractivity contribution >= 4 is 39.8 Å². The summed E-state index contributed by atoms with van der Waals surface area (Å²) in [5.41, 5.74) is 6.50. The third kappa shape index (κ3) is 4.46. The van der Waals surface area contributed by atoms with Gasteiger partial charge in [-0.05, 0) is 18.2 Å². The molecule has 5 atom stereocenters.